The molecule has 0 fully saturated rings. The first-order valence-corrected chi connectivity index (χ1v) is 3.84. The van der Waals surface area contributed by atoms with Crippen molar-refractivity contribution in [3.05, 3.63) is 32.7 Å². The van der Waals surface area contributed by atoms with Crippen LogP contribution in [0.2, 0.25) is 5.15 Å². The molecule has 0 amide bonds. The molecule has 13 heavy (non-hydrogen) atoms. The lowest BCUT2D eigenvalue weighted by Gasteiger charge is -2.05. The Balaban J connectivity index is 3.38. The van der Waals surface area contributed by atoms with E-state index >= 15 is 0 Å². The number of H-pyrrole nitrogens is 1. The van der Waals surface area contributed by atoms with Gasteiger partial charge in [0.1, 0.15) is 5.15 Å². The molecule has 0 aromatic carbocycles. The first-order valence-electron chi connectivity index (χ1n) is 3.46. The molecule has 0 aliphatic heterocycles. The Hall–Kier alpha value is -0.940. The fraction of sp³-hybridized carbons (Fsp3) is 0.286. The van der Waals surface area contributed by atoms with Crippen LogP contribution in [0.3, 0.4) is 0 Å². The van der Waals surface area contributed by atoms with Gasteiger partial charge in [-0.25, -0.2) is 8.78 Å². The summed E-state index contributed by atoms with van der Waals surface area (Å²) in [6, 6.07) is 1.01. The van der Waals surface area contributed by atoms with E-state index in [1.807, 2.05) is 0 Å². The maximum atomic E-state index is 12.3. The Morgan fingerprint density at radius 1 is 1.62 bits per heavy atom. The maximum Gasteiger partial charge on any atom is 0.264 e. The summed E-state index contributed by atoms with van der Waals surface area (Å²) >= 11 is 5.39. The van der Waals surface area contributed by atoms with Gasteiger partial charge in [-0.3, -0.25) is 4.79 Å². The van der Waals surface area contributed by atoms with E-state index in [0.717, 1.165) is 6.07 Å². The van der Waals surface area contributed by atoms with Crippen molar-refractivity contribution < 1.29 is 8.78 Å². The summed E-state index contributed by atoms with van der Waals surface area (Å²) in [5, 5.41) is -0.113. The third-order valence-corrected chi connectivity index (χ3v) is 1.78. The standard InChI is InChI=1S/C7H7ClF2N2O/c8-5-1-3(6(9)10)4(2-11)7(13)12-5/h1,6H,2,11H2,(H,12,13). The van der Waals surface area contributed by atoms with Crippen LogP contribution in [0.1, 0.15) is 17.6 Å². The van der Waals surface area contributed by atoms with Gasteiger partial charge in [-0.05, 0) is 6.07 Å². The second-order valence-electron chi connectivity index (χ2n) is 2.39. The molecule has 0 saturated heterocycles. The molecule has 1 rings (SSSR count). The second kappa shape index (κ2) is 3.85. The van der Waals surface area contributed by atoms with Crippen LogP contribution >= 0.6 is 11.6 Å². The summed E-state index contributed by atoms with van der Waals surface area (Å²) < 4.78 is 24.6. The zero-order valence-electron chi connectivity index (χ0n) is 6.48. The van der Waals surface area contributed by atoms with Crippen LogP contribution < -0.4 is 11.3 Å². The van der Waals surface area contributed by atoms with Crippen LogP contribution in [0.5, 0.6) is 0 Å². The molecule has 0 atom stereocenters. The zero-order valence-corrected chi connectivity index (χ0v) is 7.24. The predicted molar refractivity (Wildman–Crippen MR) is 44.9 cm³/mol. The average Bonchev–Trinajstić information content (AvgIpc) is 2.02. The summed E-state index contributed by atoms with van der Waals surface area (Å²) in [5.41, 5.74) is 3.95. The quantitative estimate of drug-likeness (QED) is 0.723. The highest BCUT2D eigenvalue weighted by Crippen LogP contribution is 2.22. The van der Waals surface area contributed by atoms with Crippen LogP contribution in [-0.4, -0.2) is 4.98 Å². The number of aromatic amines is 1. The van der Waals surface area contributed by atoms with Crippen molar-refractivity contribution >= 4 is 11.6 Å². The summed E-state index contributed by atoms with van der Waals surface area (Å²) in [6.45, 7) is -0.230. The van der Waals surface area contributed by atoms with E-state index < -0.39 is 17.5 Å². The van der Waals surface area contributed by atoms with Gasteiger partial charge in [0.15, 0.2) is 0 Å². The molecule has 0 unspecified atom stereocenters. The molecule has 0 aliphatic rings. The number of hydrogen-bond donors (Lipinski definition) is 2. The van der Waals surface area contributed by atoms with Gasteiger partial charge in [0.05, 0.1) is 0 Å². The van der Waals surface area contributed by atoms with Crippen molar-refractivity contribution in [1.29, 1.82) is 0 Å². The molecular formula is C7H7ClF2N2O. The molecule has 3 nitrogen and oxygen atoms in total. The highest BCUT2D eigenvalue weighted by atomic mass is 35.5. The highest BCUT2D eigenvalue weighted by Gasteiger charge is 2.15. The van der Waals surface area contributed by atoms with Crippen molar-refractivity contribution in [2.24, 2.45) is 5.73 Å². The SMILES string of the molecule is NCc1c(C(F)F)cc(Cl)[nH]c1=O. The molecule has 0 aliphatic carbocycles. The van der Waals surface area contributed by atoms with E-state index in [4.69, 9.17) is 17.3 Å². The zero-order chi connectivity index (χ0) is 10.0. The first-order chi connectivity index (χ1) is 6.06. The van der Waals surface area contributed by atoms with Crippen LogP contribution in [-0.2, 0) is 6.54 Å². The molecule has 6 heteroatoms. The van der Waals surface area contributed by atoms with E-state index in [1.54, 1.807) is 0 Å². The number of halogens is 3. The van der Waals surface area contributed by atoms with Gasteiger partial charge in [-0.2, -0.15) is 0 Å². The van der Waals surface area contributed by atoms with Crippen LogP contribution in [0.4, 0.5) is 8.78 Å². The molecule has 1 heterocycles. The first kappa shape index (κ1) is 10.1. The average molecular weight is 209 g/mol. The monoisotopic (exact) mass is 208 g/mol. The Morgan fingerprint density at radius 2 is 2.23 bits per heavy atom. The number of alkyl halides is 2. The topological polar surface area (TPSA) is 58.9 Å². The van der Waals surface area contributed by atoms with E-state index in [1.165, 1.54) is 0 Å². The number of rotatable bonds is 2. The minimum atomic E-state index is -2.74. The molecule has 0 bridgehead atoms. The molecule has 72 valence electrons. The van der Waals surface area contributed by atoms with Crippen LogP contribution in [0.25, 0.3) is 0 Å². The van der Waals surface area contributed by atoms with E-state index in [9.17, 15) is 13.6 Å². The smallest absolute Gasteiger partial charge is 0.264 e. The van der Waals surface area contributed by atoms with Crippen molar-refractivity contribution in [3.8, 4) is 0 Å². The lowest BCUT2D eigenvalue weighted by atomic mass is 10.1. The third-order valence-electron chi connectivity index (χ3n) is 1.58. The minimum Gasteiger partial charge on any atom is -0.326 e. The molecule has 1 aromatic heterocycles. The summed E-state index contributed by atoms with van der Waals surface area (Å²) in [6.07, 6.45) is -2.74. The van der Waals surface area contributed by atoms with Crippen LogP contribution in [0.15, 0.2) is 10.9 Å². The predicted octanol–water partition coefficient (Wildman–Crippen LogP) is 1.42. The Morgan fingerprint density at radius 3 is 2.69 bits per heavy atom. The lowest BCUT2D eigenvalue weighted by Crippen LogP contribution is -2.19. The number of aromatic nitrogens is 1. The van der Waals surface area contributed by atoms with Gasteiger partial charge < -0.3 is 10.7 Å². The number of nitrogens with two attached hydrogens (primary N) is 1. The molecule has 1 aromatic rings. The summed E-state index contributed by atoms with van der Waals surface area (Å²) in [7, 11) is 0. The maximum absolute atomic E-state index is 12.3. The largest absolute Gasteiger partial charge is 0.326 e. The molecule has 3 N–H and O–H groups in total. The van der Waals surface area contributed by atoms with Gasteiger partial charge in [-0.1, -0.05) is 11.6 Å². The molecule has 0 radical (unpaired) electrons. The summed E-state index contributed by atoms with van der Waals surface area (Å²) in [5.74, 6) is 0. The van der Waals surface area contributed by atoms with E-state index in [-0.39, 0.29) is 17.3 Å². The van der Waals surface area contributed by atoms with Gasteiger partial charge in [0.25, 0.3) is 12.0 Å². The molecule has 0 spiro atoms. The van der Waals surface area contributed by atoms with Gasteiger partial charge in [0, 0.05) is 17.7 Å². The fourth-order valence-corrected chi connectivity index (χ4v) is 1.18. The Kier molecular flexibility index (Phi) is 3.00. The van der Waals surface area contributed by atoms with E-state index in [2.05, 4.69) is 4.98 Å². The van der Waals surface area contributed by atoms with Crippen molar-refractivity contribution in [2.45, 2.75) is 13.0 Å². The second-order valence-corrected chi connectivity index (χ2v) is 2.79. The number of hydrogen-bond acceptors (Lipinski definition) is 2. The van der Waals surface area contributed by atoms with Crippen molar-refractivity contribution in [3.63, 3.8) is 0 Å². The number of nitrogens with one attached hydrogen (secondary N) is 1. The molecular weight excluding hydrogens is 202 g/mol. The normalized spacial score (nSPS) is 10.8. The Bertz CT molecular complexity index is 364. The van der Waals surface area contributed by atoms with Crippen molar-refractivity contribution in [2.75, 3.05) is 0 Å². The molecule has 0 saturated carbocycles. The van der Waals surface area contributed by atoms with Gasteiger partial charge in [0.2, 0.25) is 0 Å². The summed E-state index contributed by atoms with van der Waals surface area (Å²) in [4.78, 5) is 13.2. The van der Waals surface area contributed by atoms with Gasteiger partial charge in [-0.15, -0.1) is 0 Å². The van der Waals surface area contributed by atoms with Crippen molar-refractivity contribution in [1.82, 2.24) is 4.98 Å². The Labute approximate surface area is 77.5 Å². The van der Waals surface area contributed by atoms with Gasteiger partial charge >= 0.3 is 0 Å². The van der Waals surface area contributed by atoms with Crippen LogP contribution in [0, 0.1) is 0 Å². The third kappa shape index (κ3) is 2.05. The van der Waals surface area contributed by atoms with E-state index in [0.29, 0.717) is 0 Å². The minimum absolute atomic E-state index is 0.113. The highest BCUT2D eigenvalue weighted by molar-refractivity contribution is 6.29. The lowest BCUT2D eigenvalue weighted by molar-refractivity contribution is 0.150. The fourth-order valence-electron chi connectivity index (χ4n) is 0.980. The number of pyridine rings is 1.